The predicted molar refractivity (Wildman–Crippen MR) is 85.4 cm³/mol. The minimum absolute atomic E-state index is 0.0227. The Balaban J connectivity index is 2.81. The normalized spacial score (nSPS) is 24.2. The molecule has 0 radical (unpaired) electrons. The lowest BCUT2D eigenvalue weighted by Gasteiger charge is -2.36. The summed E-state index contributed by atoms with van der Waals surface area (Å²) < 4.78 is 0. The van der Waals surface area contributed by atoms with Gasteiger partial charge in [-0.15, -0.1) is 0 Å². The van der Waals surface area contributed by atoms with Gasteiger partial charge in [0.05, 0.1) is 12.2 Å². The van der Waals surface area contributed by atoms with Crippen molar-refractivity contribution in [2.24, 2.45) is 17.3 Å². The minimum atomic E-state index is 0.0227. The summed E-state index contributed by atoms with van der Waals surface area (Å²) in [6.45, 7) is 16.4. The number of carbonyl (C=O) groups is 1. The van der Waals surface area contributed by atoms with Crippen LogP contribution >= 0.6 is 0 Å². The molecule has 0 aromatic rings. The van der Waals surface area contributed by atoms with E-state index in [1.165, 1.54) is 0 Å². The van der Waals surface area contributed by atoms with E-state index in [0.717, 1.165) is 25.8 Å². The van der Waals surface area contributed by atoms with Gasteiger partial charge in [-0.1, -0.05) is 54.9 Å². The molecule has 0 aromatic carbocycles. The minimum Gasteiger partial charge on any atom is -0.325 e. The van der Waals surface area contributed by atoms with Crippen molar-refractivity contribution in [1.82, 2.24) is 10.2 Å². The van der Waals surface area contributed by atoms with Crippen LogP contribution in [0.15, 0.2) is 0 Å². The molecule has 0 spiro atoms. The zero-order valence-corrected chi connectivity index (χ0v) is 14.5. The molecule has 3 heteroatoms. The molecule has 1 aliphatic rings. The van der Waals surface area contributed by atoms with E-state index >= 15 is 0 Å². The van der Waals surface area contributed by atoms with Crippen LogP contribution in [-0.4, -0.2) is 29.6 Å². The van der Waals surface area contributed by atoms with Gasteiger partial charge in [0.15, 0.2) is 0 Å². The van der Waals surface area contributed by atoms with Gasteiger partial charge in [0.1, 0.15) is 0 Å². The number of carbonyl (C=O) groups excluding carboxylic acids is 1. The highest BCUT2D eigenvalue weighted by Gasteiger charge is 2.41. The molecule has 20 heavy (non-hydrogen) atoms. The van der Waals surface area contributed by atoms with Crippen molar-refractivity contribution in [2.45, 2.75) is 79.9 Å². The number of hydrogen-bond acceptors (Lipinski definition) is 2. The number of amides is 1. The summed E-state index contributed by atoms with van der Waals surface area (Å²) >= 11 is 0. The summed E-state index contributed by atoms with van der Waals surface area (Å²) in [7, 11) is 0. The average Bonchev–Trinajstić information content (AvgIpc) is 2.57. The zero-order valence-electron chi connectivity index (χ0n) is 14.5. The van der Waals surface area contributed by atoms with Crippen LogP contribution < -0.4 is 5.32 Å². The van der Waals surface area contributed by atoms with Crippen molar-refractivity contribution < 1.29 is 4.79 Å². The lowest BCUT2D eigenvalue weighted by Crippen LogP contribution is -2.44. The standard InChI is InChI=1S/C17H34N2O/c1-8-9-15-18-14(10-12(2)3)16(20)19(15)11-17(6,7)13(4)5/h12-15,18H,8-11H2,1-7H3. The van der Waals surface area contributed by atoms with Crippen LogP contribution in [0.1, 0.15) is 67.7 Å². The summed E-state index contributed by atoms with van der Waals surface area (Å²) in [5, 5.41) is 3.56. The van der Waals surface area contributed by atoms with E-state index in [1.807, 2.05) is 0 Å². The van der Waals surface area contributed by atoms with Crippen LogP contribution in [0.3, 0.4) is 0 Å². The lowest BCUT2D eigenvalue weighted by atomic mass is 9.80. The van der Waals surface area contributed by atoms with E-state index in [0.29, 0.717) is 17.7 Å². The first-order chi connectivity index (χ1) is 9.19. The highest BCUT2D eigenvalue weighted by molar-refractivity contribution is 5.84. The highest BCUT2D eigenvalue weighted by Crippen LogP contribution is 2.30. The molecule has 0 saturated carbocycles. The largest absolute Gasteiger partial charge is 0.325 e. The van der Waals surface area contributed by atoms with E-state index in [-0.39, 0.29) is 17.6 Å². The summed E-state index contributed by atoms with van der Waals surface area (Å²) in [5.41, 5.74) is 0.163. The van der Waals surface area contributed by atoms with E-state index in [2.05, 4.69) is 58.7 Å². The molecule has 1 saturated heterocycles. The quantitative estimate of drug-likeness (QED) is 0.773. The molecule has 1 amide bonds. The molecule has 1 N–H and O–H groups in total. The van der Waals surface area contributed by atoms with Gasteiger partial charge in [-0.25, -0.2) is 0 Å². The fourth-order valence-corrected chi connectivity index (χ4v) is 2.71. The average molecular weight is 282 g/mol. The van der Waals surface area contributed by atoms with Crippen LogP contribution in [0.4, 0.5) is 0 Å². The van der Waals surface area contributed by atoms with Gasteiger partial charge in [-0.05, 0) is 30.1 Å². The van der Waals surface area contributed by atoms with Gasteiger partial charge >= 0.3 is 0 Å². The maximum atomic E-state index is 12.7. The second-order valence-electron chi connectivity index (χ2n) is 7.76. The van der Waals surface area contributed by atoms with Crippen LogP contribution in [0.2, 0.25) is 0 Å². The molecule has 1 fully saturated rings. The Morgan fingerprint density at radius 3 is 2.30 bits per heavy atom. The molecule has 118 valence electrons. The van der Waals surface area contributed by atoms with Gasteiger partial charge in [-0.2, -0.15) is 0 Å². The van der Waals surface area contributed by atoms with Crippen molar-refractivity contribution in [3.8, 4) is 0 Å². The molecular formula is C17H34N2O. The Morgan fingerprint density at radius 1 is 1.25 bits per heavy atom. The van der Waals surface area contributed by atoms with Crippen molar-refractivity contribution >= 4 is 5.91 Å². The Hall–Kier alpha value is -0.570. The van der Waals surface area contributed by atoms with Crippen molar-refractivity contribution in [2.75, 3.05) is 6.54 Å². The lowest BCUT2D eigenvalue weighted by molar-refractivity contribution is -0.132. The Kier molecular flexibility index (Phi) is 6.06. The van der Waals surface area contributed by atoms with Crippen molar-refractivity contribution in [1.29, 1.82) is 0 Å². The molecule has 3 nitrogen and oxygen atoms in total. The van der Waals surface area contributed by atoms with Crippen LogP contribution in [0.25, 0.3) is 0 Å². The SMILES string of the molecule is CCCC1NC(CC(C)C)C(=O)N1CC(C)(C)C(C)C. The fraction of sp³-hybridized carbons (Fsp3) is 0.941. The molecule has 0 bridgehead atoms. The smallest absolute Gasteiger partial charge is 0.241 e. The molecule has 1 aliphatic heterocycles. The summed E-state index contributed by atoms with van der Waals surface area (Å²) in [5.74, 6) is 1.43. The number of hydrogen-bond donors (Lipinski definition) is 1. The third-order valence-electron chi connectivity index (χ3n) is 4.76. The third-order valence-corrected chi connectivity index (χ3v) is 4.76. The van der Waals surface area contributed by atoms with Gasteiger partial charge in [0, 0.05) is 6.54 Å². The maximum absolute atomic E-state index is 12.7. The monoisotopic (exact) mass is 282 g/mol. The Bertz CT molecular complexity index is 323. The number of rotatable bonds is 7. The Labute approximate surface area is 125 Å². The predicted octanol–water partition coefficient (Wildman–Crippen LogP) is 3.64. The highest BCUT2D eigenvalue weighted by atomic mass is 16.2. The van der Waals surface area contributed by atoms with E-state index < -0.39 is 0 Å². The third kappa shape index (κ3) is 4.21. The number of nitrogens with one attached hydrogen (secondary N) is 1. The van der Waals surface area contributed by atoms with Gasteiger partial charge in [0.25, 0.3) is 0 Å². The fourth-order valence-electron chi connectivity index (χ4n) is 2.71. The number of nitrogens with zero attached hydrogens (tertiary/aromatic N) is 1. The summed E-state index contributed by atoms with van der Waals surface area (Å²) in [6.07, 6.45) is 3.33. The second kappa shape index (κ2) is 6.93. The topological polar surface area (TPSA) is 32.3 Å². The summed E-state index contributed by atoms with van der Waals surface area (Å²) in [6, 6.07) is 0.0227. The second-order valence-corrected chi connectivity index (χ2v) is 7.76. The van der Waals surface area contributed by atoms with Gasteiger partial charge in [-0.3, -0.25) is 10.1 Å². The van der Waals surface area contributed by atoms with Gasteiger partial charge in [0.2, 0.25) is 5.91 Å². The van der Waals surface area contributed by atoms with Crippen molar-refractivity contribution in [3.05, 3.63) is 0 Å². The molecule has 0 aromatic heterocycles. The molecule has 2 unspecified atom stereocenters. The molecule has 1 heterocycles. The van der Waals surface area contributed by atoms with E-state index in [4.69, 9.17) is 0 Å². The van der Waals surface area contributed by atoms with Crippen LogP contribution in [0.5, 0.6) is 0 Å². The zero-order chi connectivity index (χ0) is 15.5. The van der Waals surface area contributed by atoms with Crippen LogP contribution in [0, 0.1) is 17.3 Å². The van der Waals surface area contributed by atoms with Gasteiger partial charge < -0.3 is 4.90 Å². The van der Waals surface area contributed by atoms with E-state index in [9.17, 15) is 4.79 Å². The molecule has 0 aliphatic carbocycles. The maximum Gasteiger partial charge on any atom is 0.241 e. The first-order valence-electron chi connectivity index (χ1n) is 8.25. The molecule has 1 rings (SSSR count). The van der Waals surface area contributed by atoms with Crippen molar-refractivity contribution in [3.63, 3.8) is 0 Å². The summed E-state index contributed by atoms with van der Waals surface area (Å²) in [4.78, 5) is 14.8. The first-order valence-corrected chi connectivity index (χ1v) is 8.25. The van der Waals surface area contributed by atoms with Crippen LogP contribution in [-0.2, 0) is 4.79 Å². The van der Waals surface area contributed by atoms with E-state index in [1.54, 1.807) is 0 Å². The Morgan fingerprint density at radius 2 is 1.85 bits per heavy atom. The first kappa shape index (κ1) is 17.5. The molecule has 2 atom stereocenters. The molecular weight excluding hydrogens is 248 g/mol.